The summed E-state index contributed by atoms with van der Waals surface area (Å²) >= 11 is 0. The van der Waals surface area contributed by atoms with E-state index in [2.05, 4.69) is 5.32 Å². The minimum atomic E-state index is -0.00174. The van der Waals surface area contributed by atoms with Crippen molar-refractivity contribution in [2.24, 2.45) is 11.8 Å². The van der Waals surface area contributed by atoms with Crippen LogP contribution >= 0.6 is 0 Å². The average Bonchev–Trinajstić information content (AvgIpc) is 3.25. The molecule has 3 fully saturated rings. The highest BCUT2D eigenvalue weighted by molar-refractivity contribution is 5.91. The Balaban J connectivity index is 1.41. The lowest BCUT2D eigenvalue weighted by Crippen LogP contribution is -2.33. The van der Waals surface area contributed by atoms with Gasteiger partial charge in [-0.05, 0) is 36.8 Å². The molecule has 5 nitrogen and oxygen atoms in total. The van der Waals surface area contributed by atoms with Gasteiger partial charge in [0.1, 0.15) is 11.9 Å². The predicted octanol–water partition coefficient (Wildman–Crippen LogP) is 3.12. The molecule has 23 heavy (non-hydrogen) atoms. The van der Waals surface area contributed by atoms with Gasteiger partial charge in [0, 0.05) is 19.5 Å². The molecule has 3 aliphatic rings. The Morgan fingerprint density at radius 2 is 1.96 bits per heavy atom. The van der Waals surface area contributed by atoms with Gasteiger partial charge in [-0.15, -0.1) is 0 Å². The highest BCUT2D eigenvalue weighted by Crippen LogP contribution is 2.38. The molecular weight excluding hydrogens is 292 g/mol. The number of fused-ring (bicyclic) bond motifs is 1. The van der Waals surface area contributed by atoms with Gasteiger partial charge in [0.2, 0.25) is 0 Å². The van der Waals surface area contributed by atoms with E-state index in [4.69, 9.17) is 9.47 Å². The Morgan fingerprint density at radius 3 is 2.70 bits per heavy atom. The van der Waals surface area contributed by atoms with E-state index in [-0.39, 0.29) is 12.1 Å². The van der Waals surface area contributed by atoms with E-state index in [9.17, 15) is 4.79 Å². The number of benzene rings is 1. The van der Waals surface area contributed by atoms with Crippen LogP contribution < -0.4 is 10.1 Å². The smallest absolute Gasteiger partial charge is 0.321 e. The van der Waals surface area contributed by atoms with E-state index in [1.165, 1.54) is 19.3 Å². The molecule has 0 aromatic heterocycles. The Hall–Kier alpha value is -1.75. The second-order valence-corrected chi connectivity index (χ2v) is 6.89. The first-order chi connectivity index (χ1) is 11.3. The molecule has 1 aliphatic carbocycles. The van der Waals surface area contributed by atoms with Crippen LogP contribution in [0.1, 0.15) is 25.7 Å². The van der Waals surface area contributed by atoms with Gasteiger partial charge in [-0.2, -0.15) is 0 Å². The van der Waals surface area contributed by atoms with Crippen molar-refractivity contribution >= 4 is 11.7 Å². The summed E-state index contributed by atoms with van der Waals surface area (Å²) in [4.78, 5) is 14.5. The Morgan fingerprint density at radius 1 is 1.17 bits per heavy atom. The number of nitrogens with zero attached hydrogens (tertiary/aromatic N) is 1. The summed E-state index contributed by atoms with van der Waals surface area (Å²) < 4.78 is 11.3. The van der Waals surface area contributed by atoms with Crippen LogP contribution in [0.25, 0.3) is 0 Å². The molecule has 2 amide bonds. The monoisotopic (exact) mass is 316 g/mol. The van der Waals surface area contributed by atoms with Crippen molar-refractivity contribution in [2.75, 3.05) is 31.6 Å². The molecule has 2 aliphatic heterocycles. The minimum absolute atomic E-state index is 0.00174. The molecule has 1 saturated carbocycles. The number of carbonyl (C=O) groups excluding carboxylic acids is 1. The maximum atomic E-state index is 12.6. The standard InChI is InChI=1S/C18H24N2O3/c21-18(20-10-13-4-3-5-14(13)11-20)19-16-6-1-2-7-17(16)23-15-8-9-22-12-15/h1-2,6-7,13-15H,3-5,8-12H2,(H,19,21)/t13-,14-,15+/m0/s1. The number of nitrogens with one attached hydrogen (secondary N) is 1. The molecule has 0 spiro atoms. The highest BCUT2D eigenvalue weighted by atomic mass is 16.5. The summed E-state index contributed by atoms with van der Waals surface area (Å²) in [6, 6.07) is 7.66. The molecule has 1 N–H and O–H groups in total. The lowest BCUT2D eigenvalue weighted by Gasteiger charge is -2.20. The van der Waals surface area contributed by atoms with Crippen LogP contribution in [0, 0.1) is 11.8 Å². The van der Waals surface area contributed by atoms with Gasteiger partial charge in [0.05, 0.1) is 18.9 Å². The number of amides is 2. The van der Waals surface area contributed by atoms with Crippen molar-refractivity contribution in [2.45, 2.75) is 31.8 Å². The zero-order valence-electron chi connectivity index (χ0n) is 13.4. The van der Waals surface area contributed by atoms with E-state index in [1.807, 2.05) is 29.2 Å². The third-order valence-corrected chi connectivity index (χ3v) is 5.32. The van der Waals surface area contributed by atoms with E-state index >= 15 is 0 Å². The minimum Gasteiger partial charge on any atom is -0.486 e. The van der Waals surface area contributed by atoms with E-state index in [0.29, 0.717) is 18.4 Å². The lowest BCUT2D eigenvalue weighted by atomic mass is 10.0. The quantitative estimate of drug-likeness (QED) is 0.932. The number of urea groups is 1. The van der Waals surface area contributed by atoms with Gasteiger partial charge in [-0.25, -0.2) is 4.79 Å². The van der Waals surface area contributed by atoms with Crippen LogP contribution in [0.2, 0.25) is 0 Å². The lowest BCUT2D eigenvalue weighted by molar-refractivity contribution is 0.142. The van der Waals surface area contributed by atoms with Crippen molar-refractivity contribution in [3.8, 4) is 5.75 Å². The van der Waals surface area contributed by atoms with Crippen molar-refractivity contribution in [3.63, 3.8) is 0 Å². The van der Waals surface area contributed by atoms with E-state index < -0.39 is 0 Å². The molecule has 1 aromatic rings. The van der Waals surface area contributed by atoms with E-state index in [1.54, 1.807) is 0 Å². The fourth-order valence-corrected chi connectivity index (χ4v) is 4.05. The molecule has 0 unspecified atom stereocenters. The fraction of sp³-hybridized carbons (Fsp3) is 0.611. The number of carbonyl (C=O) groups is 1. The molecular formula is C18H24N2O3. The Labute approximate surface area is 136 Å². The summed E-state index contributed by atoms with van der Waals surface area (Å²) in [6.07, 6.45) is 4.85. The number of anilines is 1. The average molecular weight is 316 g/mol. The molecule has 2 heterocycles. The number of ether oxygens (including phenoxy) is 2. The Kier molecular flexibility index (Phi) is 4.12. The maximum absolute atomic E-state index is 12.6. The van der Waals surface area contributed by atoms with Crippen LogP contribution in [0.5, 0.6) is 5.75 Å². The number of para-hydroxylation sites is 2. The van der Waals surface area contributed by atoms with Crippen molar-refractivity contribution in [3.05, 3.63) is 24.3 Å². The summed E-state index contributed by atoms with van der Waals surface area (Å²) in [6.45, 7) is 3.17. The normalized spacial score (nSPS) is 29.6. The van der Waals surface area contributed by atoms with Gasteiger partial charge < -0.3 is 19.7 Å². The number of rotatable bonds is 3. The number of hydrogen-bond donors (Lipinski definition) is 1. The highest BCUT2D eigenvalue weighted by Gasteiger charge is 2.38. The molecule has 5 heteroatoms. The first-order valence-electron chi connectivity index (χ1n) is 8.69. The molecule has 1 aromatic carbocycles. The van der Waals surface area contributed by atoms with Gasteiger partial charge >= 0.3 is 6.03 Å². The second-order valence-electron chi connectivity index (χ2n) is 6.89. The predicted molar refractivity (Wildman–Crippen MR) is 87.7 cm³/mol. The maximum Gasteiger partial charge on any atom is 0.321 e. The van der Waals surface area contributed by atoms with Gasteiger partial charge in [0.15, 0.2) is 0 Å². The number of likely N-dealkylation sites (tertiary alicyclic amines) is 1. The zero-order chi connectivity index (χ0) is 15.6. The van der Waals surface area contributed by atoms with Crippen LogP contribution in [-0.2, 0) is 4.74 Å². The Bertz CT molecular complexity index is 559. The zero-order valence-corrected chi connectivity index (χ0v) is 13.4. The fourth-order valence-electron chi connectivity index (χ4n) is 4.05. The van der Waals surface area contributed by atoms with Crippen LogP contribution in [0.15, 0.2) is 24.3 Å². The molecule has 3 atom stereocenters. The largest absolute Gasteiger partial charge is 0.486 e. The molecule has 2 saturated heterocycles. The van der Waals surface area contributed by atoms with Gasteiger partial charge in [0.25, 0.3) is 0 Å². The number of hydrogen-bond acceptors (Lipinski definition) is 3. The van der Waals surface area contributed by atoms with Crippen LogP contribution in [-0.4, -0.2) is 43.3 Å². The summed E-state index contributed by atoms with van der Waals surface area (Å²) in [5, 5.41) is 3.04. The third-order valence-electron chi connectivity index (χ3n) is 5.32. The van der Waals surface area contributed by atoms with Crippen LogP contribution in [0.3, 0.4) is 0 Å². The third kappa shape index (κ3) is 3.15. The van der Waals surface area contributed by atoms with Crippen LogP contribution in [0.4, 0.5) is 10.5 Å². The van der Waals surface area contributed by atoms with E-state index in [0.717, 1.165) is 37.6 Å². The van der Waals surface area contributed by atoms with Crippen molar-refractivity contribution in [1.82, 2.24) is 4.90 Å². The second kappa shape index (κ2) is 6.40. The van der Waals surface area contributed by atoms with Crippen molar-refractivity contribution in [1.29, 1.82) is 0 Å². The SMILES string of the molecule is O=C(Nc1ccccc1O[C@@H]1CCOC1)N1C[C@@H]2CCC[C@H]2C1. The topological polar surface area (TPSA) is 50.8 Å². The molecule has 124 valence electrons. The first-order valence-corrected chi connectivity index (χ1v) is 8.69. The summed E-state index contributed by atoms with van der Waals surface area (Å²) in [5.41, 5.74) is 0.751. The molecule has 0 bridgehead atoms. The first kappa shape index (κ1) is 14.8. The molecule has 0 radical (unpaired) electrons. The van der Waals surface area contributed by atoms with Gasteiger partial charge in [-0.1, -0.05) is 18.6 Å². The summed E-state index contributed by atoms with van der Waals surface area (Å²) in [7, 11) is 0. The summed E-state index contributed by atoms with van der Waals surface area (Å²) in [5.74, 6) is 2.15. The van der Waals surface area contributed by atoms with Crippen molar-refractivity contribution < 1.29 is 14.3 Å². The molecule has 4 rings (SSSR count). The van der Waals surface area contributed by atoms with Gasteiger partial charge in [-0.3, -0.25) is 0 Å².